The van der Waals surface area contributed by atoms with Gasteiger partial charge in [0.2, 0.25) is 5.43 Å². The fraction of sp³-hybridized carbons (Fsp3) is 0.435. The molecule has 0 saturated carbocycles. The summed E-state index contributed by atoms with van der Waals surface area (Å²) in [6, 6.07) is 2.25. The number of aliphatic hydroxyl groups is 1. The van der Waals surface area contributed by atoms with Crippen LogP contribution in [0.15, 0.2) is 16.9 Å². The number of aromatic hydroxyl groups is 1. The van der Waals surface area contributed by atoms with E-state index in [2.05, 4.69) is 5.32 Å². The summed E-state index contributed by atoms with van der Waals surface area (Å²) in [5.74, 6) is -4.05. The Hall–Kier alpha value is -3.27. The van der Waals surface area contributed by atoms with Gasteiger partial charge in [-0.25, -0.2) is 8.78 Å². The van der Waals surface area contributed by atoms with E-state index < -0.39 is 58.4 Å². The summed E-state index contributed by atoms with van der Waals surface area (Å²) in [4.78, 5) is 40.6. The number of benzene rings is 1. The van der Waals surface area contributed by atoms with Gasteiger partial charge in [-0.1, -0.05) is 0 Å². The molecule has 3 N–H and O–H groups in total. The quantitative estimate of drug-likeness (QED) is 0.649. The Morgan fingerprint density at radius 1 is 1.24 bits per heavy atom. The van der Waals surface area contributed by atoms with Gasteiger partial charge in [0.1, 0.15) is 17.2 Å². The molecule has 0 radical (unpaired) electrons. The SMILES string of the molecule is Cc1cc(F)c(CNC(=O)c2c3n4c(c(O)c2=O)C(=O)N2CCCC[C@]4(C[C@@H]3O)C2)c(F)c1. The molecule has 1 saturated heterocycles. The molecule has 1 aromatic carbocycles. The topological polar surface area (TPSA) is 112 Å². The highest BCUT2D eigenvalue weighted by molar-refractivity contribution is 6.00. The molecule has 2 bridgehead atoms. The number of rotatable bonds is 3. The average Bonchev–Trinajstić information content (AvgIpc) is 2.90. The highest BCUT2D eigenvalue weighted by Crippen LogP contribution is 2.49. The number of carbonyl (C=O) groups excluding carboxylic acids is 2. The third-order valence-corrected chi connectivity index (χ3v) is 6.98. The van der Waals surface area contributed by atoms with Crippen molar-refractivity contribution in [2.75, 3.05) is 13.1 Å². The van der Waals surface area contributed by atoms with Crippen LogP contribution in [0.5, 0.6) is 5.75 Å². The van der Waals surface area contributed by atoms with Crippen LogP contribution < -0.4 is 10.7 Å². The Kier molecular flexibility index (Phi) is 4.82. The van der Waals surface area contributed by atoms with E-state index in [-0.39, 0.29) is 23.4 Å². The van der Waals surface area contributed by atoms with Crippen molar-refractivity contribution in [3.63, 3.8) is 0 Å². The summed E-state index contributed by atoms with van der Waals surface area (Å²) in [5, 5.41) is 23.9. The van der Waals surface area contributed by atoms with Crippen LogP contribution in [0.4, 0.5) is 8.78 Å². The standard InChI is InChI=1S/C23H23F2N3O5/c1-11-6-13(24)12(14(25)7-11)9-26-21(32)16-17-15(29)8-23-4-2-3-5-27(10-23)22(33)18(28(17)23)20(31)19(16)30/h6-7,15,29,31H,2-5,8-10H2,1H3,(H,26,32)/t15-,23-/m0/s1. The number of nitrogens with zero attached hydrogens (tertiary/aromatic N) is 2. The maximum Gasteiger partial charge on any atom is 0.274 e. The summed E-state index contributed by atoms with van der Waals surface area (Å²) in [6.07, 6.45) is 1.11. The number of halogens is 2. The molecule has 5 rings (SSSR count). The molecule has 8 nitrogen and oxygen atoms in total. The smallest absolute Gasteiger partial charge is 0.274 e. The van der Waals surface area contributed by atoms with Crippen molar-refractivity contribution in [1.29, 1.82) is 0 Å². The molecular weight excluding hydrogens is 436 g/mol. The lowest BCUT2D eigenvalue weighted by Crippen LogP contribution is -2.52. The van der Waals surface area contributed by atoms with Crippen molar-refractivity contribution in [3.05, 3.63) is 62.1 Å². The molecule has 1 aromatic heterocycles. The zero-order valence-electron chi connectivity index (χ0n) is 18.0. The second-order valence-corrected chi connectivity index (χ2v) is 9.14. The van der Waals surface area contributed by atoms with E-state index in [1.54, 1.807) is 4.90 Å². The molecule has 174 valence electrons. The lowest BCUT2D eigenvalue weighted by atomic mass is 9.88. The van der Waals surface area contributed by atoms with E-state index in [1.807, 2.05) is 0 Å². The zero-order valence-corrected chi connectivity index (χ0v) is 18.0. The maximum absolute atomic E-state index is 14.2. The highest BCUT2D eigenvalue weighted by atomic mass is 19.1. The number of hydrogen-bond acceptors (Lipinski definition) is 5. The van der Waals surface area contributed by atoms with Crippen LogP contribution >= 0.6 is 0 Å². The van der Waals surface area contributed by atoms with E-state index in [0.29, 0.717) is 25.1 Å². The minimum Gasteiger partial charge on any atom is -0.503 e. The van der Waals surface area contributed by atoms with Gasteiger partial charge in [-0.3, -0.25) is 14.4 Å². The fourth-order valence-electron chi connectivity index (χ4n) is 5.55. The van der Waals surface area contributed by atoms with Gasteiger partial charge in [0, 0.05) is 31.6 Å². The Labute approximate surface area is 187 Å². The van der Waals surface area contributed by atoms with E-state index in [0.717, 1.165) is 25.0 Å². The van der Waals surface area contributed by atoms with Crippen LogP contribution in [0.1, 0.15) is 69.5 Å². The lowest BCUT2D eigenvalue weighted by molar-refractivity contribution is 0.0549. The number of aliphatic hydroxyl groups excluding tert-OH is 1. The lowest BCUT2D eigenvalue weighted by Gasteiger charge is -2.41. The van der Waals surface area contributed by atoms with Crippen molar-refractivity contribution in [3.8, 4) is 5.75 Å². The van der Waals surface area contributed by atoms with Crippen molar-refractivity contribution in [1.82, 2.24) is 14.8 Å². The van der Waals surface area contributed by atoms with E-state index in [1.165, 1.54) is 11.5 Å². The van der Waals surface area contributed by atoms with Crippen molar-refractivity contribution >= 4 is 11.8 Å². The second-order valence-electron chi connectivity index (χ2n) is 9.14. The number of nitrogens with one attached hydrogen (secondary N) is 1. The molecule has 2 atom stereocenters. The molecule has 1 spiro atoms. The van der Waals surface area contributed by atoms with Crippen LogP contribution in [-0.4, -0.2) is 44.6 Å². The number of carbonyl (C=O) groups is 2. The molecule has 0 aliphatic carbocycles. The molecule has 3 aliphatic heterocycles. The highest BCUT2D eigenvalue weighted by Gasteiger charge is 2.53. The Morgan fingerprint density at radius 3 is 2.64 bits per heavy atom. The van der Waals surface area contributed by atoms with E-state index in [9.17, 15) is 33.4 Å². The van der Waals surface area contributed by atoms with E-state index in [4.69, 9.17) is 0 Å². The first kappa shape index (κ1) is 21.6. The first-order chi connectivity index (χ1) is 15.6. The summed E-state index contributed by atoms with van der Waals surface area (Å²) >= 11 is 0. The molecule has 0 unspecified atom stereocenters. The van der Waals surface area contributed by atoms with Crippen molar-refractivity contribution < 1.29 is 28.6 Å². The number of aryl methyl sites for hydroxylation is 1. The van der Waals surface area contributed by atoms with E-state index >= 15 is 0 Å². The number of amides is 2. The van der Waals surface area contributed by atoms with Crippen LogP contribution in [0, 0.1) is 18.6 Å². The monoisotopic (exact) mass is 459 g/mol. The Morgan fingerprint density at radius 2 is 1.94 bits per heavy atom. The van der Waals surface area contributed by atoms with Gasteiger partial charge >= 0.3 is 0 Å². The predicted octanol–water partition coefficient (Wildman–Crippen LogP) is 1.84. The van der Waals surface area contributed by atoms with Crippen molar-refractivity contribution in [2.24, 2.45) is 0 Å². The summed E-state index contributed by atoms with van der Waals surface area (Å²) in [7, 11) is 0. The fourth-order valence-corrected chi connectivity index (χ4v) is 5.55. The summed E-state index contributed by atoms with van der Waals surface area (Å²) in [5.41, 5.74) is -2.59. The molecule has 33 heavy (non-hydrogen) atoms. The van der Waals surface area contributed by atoms with Gasteiger partial charge in [-0.15, -0.1) is 0 Å². The van der Waals surface area contributed by atoms with Gasteiger partial charge in [-0.05, 0) is 43.9 Å². The molecule has 1 fully saturated rings. The van der Waals surface area contributed by atoms with Crippen LogP contribution in [0.3, 0.4) is 0 Å². The predicted molar refractivity (Wildman–Crippen MR) is 112 cm³/mol. The largest absolute Gasteiger partial charge is 0.503 e. The first-order valence-corrected chi connectivity index (χ1v) is 10.9. The molecular formula is C23H23F2N3O5. The summed E-state index contributed by atoms with van der Waals surface area (Å²) < 4.78 is 29.8. The first-order valence-electron chi connectivity index (χ1n) is 10.9. The normalized spacial score (nSPS) is 23.3. The molecule has 4 heterocycles. The van der Waals surface area contributed by atoms with Crippen LogP contribution in [0.25, 0.3) is 0 Å². The second kappa shape index (κ2) is 7.38. The van der Waals surface area contributed by atoms with Crippen LogP contribution in [0.2, 0.25) is 0 Å². The zero-order chi connectivity index (χ0) is 23.7. The minimum atomic E-state index is -1.21. The maximum atomic E-state index is 14.2. The molecule has 3 aliphatic rings. The number of fused-ring (bicyclic) bond motifs is 1. The minimum absolute atomic E-state index is 0.0370. The van der Waals surface area contributed by atoms with Crippen LogP contribution in [-0.2, 0) is 12.1 Å². The third kappa shape index (κ3) is 3.07. The average molecular weight is 459 g/mol. The number of hydrogen-bond donors (Lipinski definition) is 3. The number of aromatic nitrogens is 1. The van der Waals surface area contributed by atoms with Crippen molar-refractivity contribution in [2.45, 2.75) is 50.8 Å². The third-order valence-electron chi connectivity index (χ3n) is 6.98. The van der Waals surface area contributed by atoms with Gasteiger partial charge < -0.3 is 25.0 Å². The van der Waals surface area contributed by atoms with Gasteiger partial charge in [0.15, 0.2) is 11.4 Å². The Bertz CT molecular complexity index is 1250. The number of pyridine rings is 1. The molecule has 10 heteroatoms. The Balaban J connectivity index is 1.61. The van der Waals surface area contributed by atoms with Gasteiger partial charge in [-0.2, -0.15) is 0 Å². The van der Waals surface area contributed by atoms with Gasteiger partial charge in [0.25, 0.3) is 11.8 Å². The molecule has 2 amide bonds. The summed E-state index contributed by atoms with van der Waals surface area (Å²) in [6.45, 7) is 1.79. The van der Waals surface area contributed by atoms with Gasteiger partial charge in [0.05, 0.1) is 17.3 Å². The molecule has 2 aromatic rings.